The largest absolute Gasteiger partial charge is 0.496 e. The van der Waals surface area contributed by atoms with Crippen molar-refractivity contribution in [1.29, 1.82) is 0 Å². The lowest BCUT2D eigenvalue weighted by Gasteiger charge is -2.05. The molecule has 0 fully saturated rings. The number of H-pyrrole nitrogens is 1. The van der Waals surface area contributed by atoms with Gasteiger partial charge < -0.3 is 9.72 Å². The molecule has 76 valence electrons. The summed E-state index contributed by atoms with van der Waals surface area (Å²) in [4.78, 5) is 17.3. The van der Waals surface area contributed by atoms with Gasteiger partial charge in [-0.1, -0.05) is 12.1 Å². The topological polar surface area (TPSA) is 55.0 Å². The van der Waals surface area contributed by atoms with Gasteiger partial charge in [-0.2, -0.15) is 0 Å². The SMILES string of the molecule is COc1ccccc1-c1cnc(C=O)[nH]1. The molecular weight excluding hydrogens is 192 g/mol. The second-order valence-electron chi connectivity index (χ2n) is 3.00. The molecule has 0 bridgehead atoms. The molecule has 4 nitrogen and oxygen atoms in total. The predicted octanol–water partition coefficient (Wildman–Crippen LogP) is 1.90. The zero-order valence-electron chi connectivity index (χ0n) is 8.23. The van der Waals surface area contributed by atoms with E-state index in [9.17, 15) is 4.79 Å². The van der Waals surface area contributed by atoms with Crippen molar-refractivity contribution in [2.24, 2.45) is 0 Å². The third-order valence-electron chi connectivity index (χ3n) is 2.10. The quantitative estimate of drug-likeness (QED) is 0.773. The van der Waals surface area contributed by atoms with Gasteiger partial charge >= 0.3 is 0 Å². The van der Waals surface area contributed by atoms with Crippen LogP contribution in [0.15, 0.2) is 30.5 Å². The number of aromatic amines is 1. The van der Waals surface area contributed by atoms with Crippen LogP contribution in [-0.2, 0) is 0 Å². The molecule has 2 rings (SSSR count). The molecule has 1 N–H and O–H groups in total. The average Bonchev–Trinajstić information content (AvgIpc) is 2.77. The molecule has 4 heteroatoms. The third kappa shape index (κ3) is 1.74. The second kappa shape index (κ2) is 3.96. The van der Waals surface area contributed by atoms with E-state index in [0.717, 1.165) is 17.0 Å². The Labute approximate surface area is 86.9 Å². The van der Waals surface area contributed by atoms with Crippen LogP contribution in [0.4, 0.5) is 0 Å². The molecule has 1 heterocycles. The number of hydrogen-bond donors (Lipinski definition) is 1. The third-order valence-corrected chi connectivity index (χ3v) is 2.10. The smallest absolute Gasteiger partial charge is 0.185 e. The monoisotopic (exact) mass is 202 g/mol. The van der Waals surface area contributed by atoms with Crippen LogP contribution in [0.2, 0.25) is 0 Å². The number of ether oxygens (including phenoxy) is 1. The van der Waals surface area contributed by atoms with Crippen LogP contribution >= 0.6 is 0 Å². The molecule has 0 amide bonds. The minimum atomic E-state index is 0.316. The van der Waals surface area contributed by atoms with Gasteiger partial charge in [-0.15, -0.1) is 0 Å². The number of aldehydes is 1. The van der Waals surface area contributed by atoms with Crippen LogP contribution in [0.25, 0.3) is 11.3 Å². The summed E-state index contributed by atoms with van der Waals surface area (Å²) < 4.78 is 5.21. The summed E-state index contributed by atoms with van der Waals surface area (Å²) in [5, 5.41) is 0. The first-order valence-corrected chi connectivity index (χ1v) is 4.48. The Hall–Kier alpha value is -2.10. The first kappa shape index (κ1) is 9.45. The van der Waals surface area contributed by atoms with E-state index in [1.807, 2.05) is 24.3 Å². The van der Waals surface area contributed by atoms with E-state index in [-0.39, 0.29) is 0 Å². The Morgan fingerprint density at radius 2 is 2.20 bits per heavy atom. The van der Waals surface area contributed by atoms with Crippen molar-refractivity contribution in [3.63, 3.8) is 0 Å². The van der Waals surface area contributed by atoms with E-state index in [2.05, 4.69) is 9.97 Å². The molecule has 0 saturated carbocycles. The van der Waals surface area contributed by atoms with Gasteiger partial charge in [-0.25, -0.2) is 4.98 Å². The van der Waals surface area contributed by atoms with Crippen LogP contribution in [0, 0.1) is 0 Å². The number of imidazole rings is 1. The van der Waals surface area contributed by atoms with Gasteiger partial charge in [0, 0.05) is 5.56 Å². The van der Waals surface area contributed by atoms with Gasteiger partial charge in [0.1, 0.15) is 5.75 Å². The molecule has 2 aromatic rings. The summed E-state index contributed by atoms with van der Waals surface area (Å²) in [7, 11) is 1.61. The van der Waals surface area contributed by atoms with Gasteiger partial charge in [-0.05, 0) is 12.1 Å². The van der Waals surface area contributed by atoms with Crippen molar-refractivity contribution in [3.05, 3.63) is 36.3 Å². The average molecular weight is 202 g/mol. The maximum absolute atomic E-state index is 10.5. The van der Waals surface area contributed by atoms with Crippen LogP contribution in [-0.4, -0.2) is 23.4 Å². The molecule has 15 heavy (non-hydrogen) atoms. The molecular formula is C11H10N2O2. The Kier molecular flexibility index (Phi) is 2.49. The highest BCUT2D eigenvalue weighted by atomic mass is 16.5. The molecule has 1 aromatic heterocycles. The summed E-state index contributed by atoms with van der Waals surface area (Å²) >= 11 is 0. The number of nitrogens with one attached hydrogen (secondary N) is 1. The highest BCUT2D eigenvalue weighted by Crippen LogP contribution is 2.27. The maximum Gasteiger partial charge on any atom is 0.185 e. The predicted molar refractivity (Wildman–Crippen MR) is 56.0 cm³/mol. The normalized spacial score (nSPS) is 9.93. The molecule has 0 radical (unpaired) electrons. The molecule has 1 aromatic carbocycles. The highest BCUT2D eigenvalue weighted by molar-refractivity contribution is 5.73. The fraction of sp³-hybridized carbons (Fsp3) is 0.0909. The Morgan fingerprint density at radius 3 is 2.87 bits per heavy atom. The zero-order valence-corrected chi connectivity index (χ0v) is 8.23. The van der Waals surface area contributed by atoms with Crippen LogP contribution in [0.5, 0.6) is 5.75 Å². The maximum atomic E-state index is 10.5. The first-order chi connectivity index (χ1) is 7.35. The molecule has 0 spiro atoms. The number of para-hydroxylation sites is 1. The fourth-order valence-corrected chi connectivity index (χ4v) is 1.40. The van der Waals surface area contributed by atoms with E-state index in [4.69, 9.17) is 4.74 Å². The van der Waals surface area contributed by atoms with E-state index < -0.39 is 0 Å². The van der Waals surface area contributed by atoms with Crippen LogP contribution < -0.4 is 4.74 Å². The Balaban J connectivity index is 2.48. The number of nitrogens with zero attached hydrogens (tertiary/aromatic N) is 1. The molecule has 0 atom stereocenters. The number of benzene rings is 1. The number of carbonyl (C=O) groups excluding carboxylic acids is 1. The number of rotatable bonds is 3. The summed E-state index contributed by atoms with van der Waals surface area (Å²) in [5.74, 6) is 1.06. The number of methoxy groups -OCH3 is 1. The zero-order chi connectivity index (χ0) is 10.7. The van der Waals surface area contributed by atoms with Crippen LogP contribution in [0.3, 0.4) is 0 Å². The molecule has 0 saturated heterocycles. The fourth-order valence-electron chi connectivity index (χ4n) is 1.40. The summed E-state index contributed by atoms with van der Waals surface area (Å²) in [5.41, 5.74) is 1.66. The molecule has 0 aliphatic carbocycles. The lowest BCUT2D eigenvalue weighted by molar-refractivity contribution is 0.111. The minimum absolute atomic E-state index is 0.316. The van der Waals surface area contributed by atoms with E-state index >= 15 is 0 Å². The Bertz CT molecular complexity index is 477. The lowest BCUT2D eigenvalue weighted by atomic mass is 10.1. The van der Waals surface area contributed by atoms with Crippen molar-refractivity contribution in [1.82, 2.24) is 9.97 Å². The number of hydrogen-bond acceptors (Lipinski definition) is 3. The van der Waals surface area contributed by atoms with Crippen molar-refractivity contribution in [2.45, 2.75) is 0 Å². The molecule has 0 aliphatic heterocycles. The highest BCUT2D eigenvalue weighted by Gasteiger charge is 2.07. The van der Waals surface area contributed by atoms with Crippen molar-refractivity contribution in [2.75, 3.05) is 7.11 Å². The van der Waals surface area contributed by atoms with Crippen LogP contribution in [0.1, 0.15) is 10.6 Å². The first-order valence-electron chi connectivity index (χ1n) is 4.48. The summed E-state index contributed by atoms with van der Waals surface area (Å²) in [6.45, 7) is 0. The van der Waals surface area contributed by atoms with Crippen molar-refractivity contribution in [3.8, 4) is 17.0 Å². The van der Waals surface area contributed by atoms with Gasteiger partial charge in [0.15, 0.2) is 12.1 Å². The van der Waals surface area contributed by atoms with Gasteiger partial charge in [0.25, 0.3) is 0 Å². The standard InChI is InChI=1S/C11H10N2O2/c1-15-10-5-3-2-4-8(10)9-6-12-11(7-14)13-9/h2-7H,1H3,(H,12,13). The summed E-state index contributed by atoms with van der Waals surface area (Å²) in [6, 6.07) is 7.55. The van der Waals surface area contributed by atoms with Gasteiger partial charge in [0.05, 0.1) is 19.0 Å². The molecule has 0 aliphatic rings. The second-order valence-corrected chi connectivity index (χ2v) is 3.00. The Morgan fingerprint density at radius 1 is 1.40 bits per heavy atom. The van der Waals surface area contributed by atoms with E-state index in [0.29, 0.717) is 12.1 Å². The lowest BCUT2D eigenvalue weighted by Crippen LogP contribution is -1.87. The van der Waals surface area contributed by atoms with E-state index in [1.165, 1.54) is 0 Å². The van der Waals surface area contributed by atoms with E-state index in [1.54, 1.807) is 13.3 Å². The molecule has 0 unspecified atom stereocenters. The van der Waals surface area contributed by atoms with Gasteiger partial charge in [0.2, 0.25) is 0 Å². The summed E-state index contributed by atoms with van der Waals surface area (Å²) in [6.07, 6.45) is 2.29. The van der Waals surface area contributed by atoms with Crippen molar-refractivity contribution >= 4 is 6.29 Å². The minimum Gasteiger partial charge on any atom is -0.496 e. The van der Waals surface area contributed by atoms with Gasteiger partial charge in [-0.3, -0.25) is 4.79 Å². The number of aromatic nitrogens is 2. The number of carbonyl (C=O) groups is 1. The van der Waals surface area contributed by atoms with Crippen molar-refractivity contribution < 1.29 is 9.53 Å².